The normalized spacial score (nSPS) is 24.6. The van der Waals surface area contributed by atoms with Crippen LogP contribution in [-0.2, 0) is 24.3 Å². The number of fused-ring (bicyclic) bond motifs is 1. The van der Waals surface area contributed by atoms with E-state index in [1.165, 1.54) is 30.1 Å². The molecule has 2 saturated heterocycles. The molecule has 6 saturated carbocycles. The number of rotatable bonds is 19. The zero-order valence-electron chi connectivity index (χ0n) is 67.4. The van der Waals surface area contributed by atoms with Crippen molar-refractivity contribution in [1.29, 1.82) is 0 Å². The summed E-state index contributed by atoms with van der Waals surface area (Å²) in [6.45, 7) is 7.49. The predicted molar refractivity (Wildman–Crippen MR) is 468 cm³/mol. The van der Waals surface area contributed by atoms with E-state index in [0.29, 0.717) is 59.6 Å². The Hall–Kier alpha value is -7.59. The highest BCUT2D eigenvalue weighted by atomic mass is 35.5. The Morgan fingerprint density at radius 3 is 1.24 bits per heavy atom. The summed E-state index contributed by atoms with van der Waals surface area (Å²) >= 11 is 37.6. The third-order valence-electron chi connectivity index (χ3n) is 22.0. The minimum atomic E-state index is -4.01. The molecule has 0 amide bonds. The molecule has 9 aromatic rings. The summed E-state index contributed by atoms with van der Waals surface area (Å²) in [5, 5.41) is 40.5. The smallest absolute Gasteiger partial charge is 0.269 e. The maximum Gasteiger partial charge on any atom is 0.269 e. The highest BCUT2D eigenvalue weighted by Crippen LogP contribution is 2.45. The number of hydrogen-bond acceptors (Lipinski definition) is 28. The van der Waals surface area contributed by atoms with Gasteiger partial charge in [0.1, 0.15) is 5.78 Å². The number of ketones is 1. The van der Waals surface area contributed by atoms with E-state index in [2.05, 4.69) is 103 Å². The highest BCUT2D eigenvalue weighted by molar-refractivity contribution is 7.98. The summed E-state index contributed by atoms with van der Waals surface area (Å²) in [6.07, 6.45) is 33.9. The van der Waals surface area contributed by atoms with E-state index in [1.807, 2.05) is 19.4 Å². The van der Waals surface area contributed by atoms with E-state index in [9.17, 15) is 49.8 Å². The number of epoxide rings is 2. The second-order valence-corrected chi connectivity index (χ2v) is 37.6. The lowest BCUT2D eigenvalue weighted by atomic mass is 9.83. The molecule has 10 atom stereocenters. The van der Waals surface area contributed by atoms with Gasteiger partial charge in [0, 0.05) is 83.9 Å². The van der Waals surface area contributed by atoms with Crippen molar-refractivity contribution in [1.82, 2.24) is 68.8 Å². The first-order valence-electron chi connectivity index (χ1n) is 40.2. The Morgan fingerprint density at radius 2 is 0.846 bits per heavy atom. The number of thioether (sulfide) groups is 2. The number of hydrogen-bond donors (Lipinski definition) is 8. The van der Waals surface area contributed by atoms with Gasteiger partial charge in [-0.3, -0.25) is 4.79 Å². The largest absolute Gasteiger partial charge is 0.389 e. The molecule has 1 aromatic carbocycles. The standard InChI is InChI=1S/C26H27ClFN5O3S2.C12H17ClFN3OS.2C11H13ClFN3O.C11H13ClFN3.C10H11ClFN3O/c1-16-5-7-19(8-6-16)38(35,36)33-14-21(20-10-17(27)12-30-25(20)33)23-29-13-22(28)24(32-23)31-18-4-3-9-26(34,11-18)15-37-2;1-19-7-12(18)4-2-3-8(5-12)16-10-9(14)6-15-11(13)17-10;2*12-10-14-5-8(13)9(16-10)15-7-2-1-3-11(4-7)6-17-11;1-7-3-2-4-8(5-7)15-10-9(13)6-14-11(12)16-10;11-10-13-5-8(12)9(15-10)14-6-2-1-3-7(16)4-6/h5-8,10,12-14,18,34H,3-4,9,11,15H2,1-2H3,(H,29,31,32);6,8,18H,2-5,7H2,1H3,(H,15,16,17);2*5,7H,1-4,6H2,(H,14,15,16);6,8H,1-5H2,(H,14,15,16);5-6H,1-4H2,(H,13,14,15)/t18?,26-;8?,12-;2*7?,11-;;/m1110../s1. The number of ether oxygens (including phenoxy) is 2. The predicted octanol–water partition coefficient (Wildman–Crippen LogP) is 18.2. The van der Waals surface area contributed by atoms with Gasteiger partial charge < -0.3 is 51.6 Å². The average Bonchev–Trinajstić information content (AvgIpc) is 1.58. The lowest BCUT2D eigenvalue weighted by Crippen LogP contribution is -2.42. The van der Waals surface area contributed by atoms with E-state index in [-0.39, 0.29) is 131 Å². The Bertz CT molecular complexity index is 5120. The molecule has 8 fully saturated rings. The van der Waals surface area contributed by atoms with E-state index < -0.39 is 56.1 Å². The number of aromatic nitrogens is 14. The molecule has 10 heterocycles. The summed E-state index contributed by atoms with van der Waals surface area (Å²) < 4.78 is 121. The first kappa shape index (κ1) is 94.5. The number of carbonyl (C=O) groups is 1. The molecule has 0 radical (unpaired) electrons. The van der Waals surface area contributed by atoms with Crippen LogP contribution in [0, 0.1) is 41.8 Å². The van der Waals surface area contributed by atoms with Crippen molar-refractivity contribution in [3.63, 3.8) is 0 Å². The van der Waals surface area contributed by atoms with Crippen LogP contribution in [0.4, 0.5) is 61.2 Å². The van der Waals surface area contributed by atoms with E-state index in [4.69, 9.17) is 79.1 Å². The van der Waals surface area contributed by atoms with Crippen molar-refractivity contribution in [3.8, 4) is 11.4 Å². The SMILES string of the molecule is C=C1CCCC(Nc2nc(Cl)ncc2F)C1.CSC[C@@]1(O)CCCC(Nc2nc(-c3cn(S(=O)(=O)c4ccc(C)cc4)c4ncc(Cl)cc34)ncc2F)C1.CSC[C@@]1(O)CCCC(Nc2nc(Cl)ncc2F)C1.Fc1cnc(Cl)nc1NC1CCC[C@@]2(CO2)C1.Fc1cnc(Cl)nc1NC1CCC[C@]2(CO2)C1.O=C1CCCC(Nc2nc(Cl)ncc2F)C1. The third-order valence-corrected chi connectivity index (χ3v) is 26.5. The molecule has 8 aromatic heterocycles. The number of aryl methyl sites for hydroxylation is 1. The zero-order valence-corrected chi connectivity index (χ0v) is 74.4. The molecule has 0 bridgehead atoms. The molecule has 8 N–H and O–H groups in total. The van der Waals surface area contributed by atoms with Crippen molar-refractivity contribution >= 4 is 155 Å². The van der Waals surface area contributed by atoms with Crippen molar-refractivity contribution < 1.29 is 59.2 Å². The second-order valence-electron chi connectivity index (χ2n) is 31.9. The van der Waals surface area contributed by atoms with Crippen molar-refractivity contribution in [3.05, 3.63) is 164 Å². The lowest BCUT2D eigenvalue weighted by molar-refractivity contribution is -0.120. The molecule has 6 unspecified atom stereocenters. The van der Waals surface area contributed by atoms with Crippen molar-refractivity contribution in [2.45, 2.75) is 225 Å². The van der Waals surface area contributed by atoms with Crippen LogP contribution in [0.25, 0.3) is 22.4 Å². The van der Waals surface area contributed by atoms with Gasteiger partial charge in [-0.2, -0.15) is 48.4 Å². The lowest BCUT2D eigenvalue weighted by Gasteiger charge is -2.37. The van der Waals surface area contributed by atoms with Gasteiger partial charge in [-0.15, -0.1) is 0 Å². The van der Waals surface area contributed by atoms with Gasteiger partial charge in [-0.05, 0) is 237 Å². The molecule has 123 heavy (non-hydrogen) atoms. The van der Waals surface area contributed by atoms with Crippen LogP contribution in [0.15, 0.2) is 97.0 Å². The maximum atomic E-state index is 14.8. The monoisotopic (exact) mass is 1880 g/mol. The van der Waals surface area contributed by atoms with Gasteiger partial charge in [-0.25, -0.2) is 78.6 Å². The fraction of sp³-hybridized carbons (Fsp3) is 0.506. The van der Waals surface area contributed by atoms with Crippen LogP contribution in [0.2, 0.25) is 31.4 Å². The van der Waals surface area contributed by atoms with Gasteiger partial charge in [0.05, 0.1) is 82.7 Å². The Morgan fingerprint density at radius 1 is 0.488 bits per heavy atom. The number of halogens is 12. The van der Waals surface area contributed by atoms with Gasteiger partial charge >= 0.3 is 0 Å². The summed E-state index contributed by atoms with van der Waals surface area (Å²) in [4.78, 5) is 61.2. The molecule has 2 aliphatic heterocycles. The van der Waals surface area contributed by atoms with Gasteiger partial charge in [-0.1, -0.05) is 41.4 Å². The quantitative estimate of drug-likeness (QED) is 0.0161. The minimum Gasteiger partial charge on any atom is -0.389 e. The molecule has 42 heteroatoms. The summed E-state index contributed by atoms with van der Waals surface area (Å²) in [5.41, 5.74) is 1.25. The van der Waals surface area contributed by atoms with Crippen LogP contribution >= 0.6 is 93.1 Å². The van der Waals surface area contributed by atoms with Gasteiger partial charge in [0.2, 0.25) is 26.4 Å². The van der Waals surface area contributed by atoms with Crippen molar-refractivity contribution in [2.24, 2.45) is 0 Å². The van der Waals surface area contributed by atoms with Crippen LogP contribution < -0.4 is 31.9 Å². The average molecular weight is 1880 g/mol. The first-order chi connectivity index (χ1) is 58.7. The Labute approximate surface area is 746 Å². The number of nitrogens with zero attached hydrogens (tertiary/aromatic N) is 14. The minimum absolute atomic E-state index is 0.00590. The topological polar surface area (TPSA) is 361 Å². The third kappa shape index (κ3) is 27.0. The molecule has 27 nitrogen and oxygen atoms in total. The number of pyridine rings is 1. The number of Topliss-reactive ketones (excluding diaryl/α,β-unsaturated/α-hetero) is 1. The molecule has 662 valence electrons. The van der Waals surface area contributed by atoms with E-state index in [1.54, 1.807) is 41.7 Å². The highest BCUT2D eigenvalue weighted by Gasteiger charge is 2.49. The van der Waals surface area contributed by atoms with Crippen LogP contribution in [0.3, 0.4) is 0 Å². The maximum absolute atomic E-state index is 14.8. The zero-order chi connectivity index (χ0) is 87.8. The number of nitrogens with one attached hydrogen (secondary N) is 6. The van der Waals surface area contributed by atoms with E-state index >= 15 is 0 Å². The molecular formula is C81H94Cl6F6N20O7S3. The molecular weight excluding hydrogens is 1790 g/mol. The molecule has 8 aliphatic rings. The van der Waals surface area contributed by atoms with Crippen LogP contribution in [-0.4, -0.2) is 189 Å². The Balaban J connectivity index is 0.000000140. The molecule has 17 rings (SSSR count). The van der Waals surface area contributed by atoms with Crippen LogP contribution in [0.1, 0.15) is 160 Å². The fourth-order valence-corrected chi connectivity index (χ4v) is 19.8. The van der Waals surface area contributed by atoms with Gasteiger partial charge in [0.25, 0.3) is 10.0 Å². The van der Waals surface area contributed by atoms with Crippen LogP contribution in [0.5, 0.6) is 0 Å². The molecule has 2 spiro atoms. The second kappa shape index (κ2) is 42.8. The van der Waals surface area contributed by atoms with Gasteiger partial charge in [0.15, 0.2) is 81.3 Å². The first-order valence-corrected chi connectivity index (χ1v) is 46.7. The number of carbonyl (C=O) groups excluding carboxylic acids is 1. The summed E-state index contributed by atoms with van der Waals surface area (Å²) in [7, 11) is -4.01. The summed E-state index contributed by atoms with van der Waals surface area (Å²) in [6, 6.07) is 8.47. The fourth-order valence-electron chi connectivity index (χ4n) is 16.0. The number of benzene rings is 1. The van der Waals surface area contributed by atoms with E-state index in [0.717, 1.165) is 182 Å². The Kier molecular flexibility index (Phi) is 32.9. The molecule has 6 aliphatic carbocycles. The number of anilines is 6. The van der Waals surface area contributed by atoms with Crippen molar-refractivity contribution in [2.75, 3.05) is 69.1 Å². The summed E-state index contributed by atoms with van der Waals surface area (Å²) in [5.74, 6) is -0.782. The number of aliphatic hydroxyl groups is 2.